The standard InChI is InChI=1S/C24H30N5O3/c1-16-17(2)29-20-21(25-23(29)28(16)15-19-12-8-14-32-19)26(3)24(31)27(22(20)30)13-7-11-18-9-5-4-6-10-18/h4-6,9-10,19-20H,7-8,11-15H2,1-3H3/q+1. The molecule has 1 aromatic heterocycles. The van der Waals surface area contributed by atoms with Gasteiger partial charge in [-0.2, -0.15) is 0 Å². The third kappa shape index (κ3) is 3.33. The van der Waals surface area contributed by atoms with Crippen LogP contribution in [-0.4, -0.2) is 58.4 Å². The molecule has 1 aromatic carbocycles. The van der Waals surface area contributed by atoms with Crippen LogP contribution < -0.4 is 4.57 Å². The van der Waals surface area contributed by atoms with Crippen LogP contribution in [0.4, 0.5) is 10.7 Å². The molecule has 2 saturated heterocycles. The molecule has 2 unspecified atom stereocenters. The summed E-state index contributed by atoms with van der Waals surface area (Å²) in [5.74, 6) is 1.05. The minimum absolute atomic E-state index is 0.164. The van der Waals surface area contributed by atoms with Crippen molar-refractivity contribution < 1.29 is 18.9 Å². The first-order valence-corrected chi connectivity index (χ1v) is 11.4. The molecule has 0 bridgehead atoms. The molecule has 32 heavy (non-hydrogen) atoms. The van der Waals surface area contributed by atoms with E-state index < -0.39 is 6.04 Å². The van der Waals surface area contributed by atoms with Crippen molar-refractivity contribution in [2.24, 2.45) is 4.99 Å². The second-order valence-electron chi connectivity index (χ2n) is 8.88. The first-order valence-electron chi connectivity index (χ1n) is 11.4. The highest BCUT2D eigenvalue weighted by molar-refractivity contribution is 6.20. The zero-order valence-electron chi connectivity index (χ0n) is 19.0. The predicted octanol–water partition coefficient (Wildman–Crippen LogP) is 2.68. The summed E-state index contributed by atoms with van der Waals surface area (Å²) in [5, 5.41) is 0. The average Bonchev–Trinajstić information content (AvgIpc) is 3.50. The number of rotatable bonds is 6. The van der Waals surface area contributed by atoms with Gasteiger partial charge in [-0.3, -0.25) is 14.6 Å². The molecule has 168 valence electrons. The van der Waals surface area contributed by atoms with E-state index in [9.17, 15) is 9.59 Å². The summed E-state index contributed by atoms with van der Waals surface area (Å²) in [6.07, 6.45) is 3.82. The molecule has 0 aliphatic carbocycles. The van der Waals surface area contributed by atoms with E-state index in [1.165, 1.54) is 15.4 Å². The van der Waals surface area contributed by atoms with Crippen LogP contribution in [0.1, 0.15) is 42.3 Å². The van der Waals surface area contributed by atoms with Crippen LogP contribution in [0.3, 0.4) is 0 Å². The number of amidine groups is 1. The molecule has 8 nitrogen and oxygen atoms in total. The summed E-state index contributed by atoms with van der Waals surface area (Å²) in [7, 11) is 1.71. The van der Waals surface area contributed by atoms with Crippen LogP contribution in [0.15, 0.2) is 35.3 Å². The lowest BCUT2D eigenvalue weighted by Crippen LogP contribution is -2.57. The summed E-state index contributed by atoms with van der Waals surface area (Å²) in [6, 6.07) is 9.24. The Morgan fingerprint density at radius 3 is 2.69 bits per heavy atom. The minimum atomic E-state index is -0.589. The Bertz CT molecular complexity index is 1080. The SMILES string of the molecule is Cc1c(C)[n+](CC2CCCO2)c2n1C1C(=O)N(CCCc3ccccc3)C(=O)N(C)C1=N2. The Morgan fingerprint density at radius 1 is 1.19 bits per heavy atom. The highest BCUT2D eigenvalue weighted by Crippen LogP contribution is 2.35. The number of likely N-dealkylation sites (N-methyl/N-ethyl adjacent to an activating group) is 1. The quantitative estimate of drug-likeness (QED) is 0.654. The molecule has 5 rings (SSSR count). The fourth-order valence-electron chi connectivity index (χ4n) is 5.00. The van der Waals surface area contributed by atoms with Crippen LogP contribution in [0, 0.1) is 13.8 Å². The average molecular weight is 437 g/mol. The third-order valence-electron chi connectivity index (χ3n) is 6.93. The van der Waals surface area contributed by atoms with E-state index in [0.717, 1.165) is 49.6 Å². The molecule has 8 heteroatoms. The number of urea groups is 1. The Labute approximate surface area is 188 Å². The number of ether oxygens (including phenoxy) is 1. The number of amides is 3. The molecule has 3 amide bonds. The van der Waals surface area contributed by atoms with Gasteiger partial charge in [0.2, 0.25) is 11.9 Å². The number of imidazole rings is 1. The molecule has 0 saturated carbocycles. The fourth-order valence-corrected chi connectivity index (χ4v) is 5.00. The second kappa shape index (κ2) is 8.16. The van der Waals surface area contributed by atoms with Crippen molar-refractivity contribution in [1.29, 1.82) is 0 Å². The number of benzene rings is 1. The number of imide groups is 1. The van der Waals surface area contributed by atoms with E-state index in [4.69, 9.17) is 9.73 Å². The topological polar surface area (TPSA) is 71.0 Å². The number of aromatic nitrogens is 2. The molecule has 2 fully saturated rings. The monoisotopic (exact) mass is 436 g/mol. The van der Waals surface area contributed by atoms with Gasteiger partial charge in [0.05, 0.1) is 12.6 Å². The van der Waals surface area contributed by atoms with Gasteiger partial charge >= 0.3 is 12.0 Å². The van der Waals surface area contributed by atoms with E-state index in [1.807, 2.05) is 29.7 Å². The number of hydrogen-bond donors (Lipinski definition) is 0. The molecular weight excluding hydrogens is 406 g/mol. The maximum absolute atomic E-state index is 13.5. The minimum Gasteiger partial charge on any atom is -0.375 e. The van der Waals surface area contributed by atoms with Gasteiger partial charge in [0.1, 0.15) is 11.4 Å². The summed E-state index contributed by atoms with van der Waals surface area (Å²) >= 11 is 0. The van der Waals surface area contributed by atoms with Gasteiger partial charge in [-0.05, 0) is 45.1 Å². The maximum Gasteiger partial charge on any atom is 0.402 e. The van der Waals surface area contributed by atoms with E-state index in [-0.39, 0.29) is 18.0 Å². The first-order chi connectivity index (χ1) is 15.5. The van der Waals surface area contributed by atoms with Crippen molar-refractivity contribution in [3.63, 3.8) is 0 Å². The van der Waals surface area contributed by atoms with Gasteiger partial charge in [-0.25, -0.2) is 13.9 Å². The Balaban J connectivity index is 1.40. The van der Waals surface area contributed by atoms with E-state index in [1.54, 1.807) is 7.05 Å². The van der Waals surface area contributed by atoms with E-state index >= 15 is 0 Å². The van der Waals surface area contributed by atoms with Crippen LogP contribution in [0.5, 0.6) is 0 Å². The van der Waals surface area contributed by atoms with Crippen LogP contribution in [-0.2, 0) is 22.5 Å². The van der Waals surface area contributed by atoms with E-state index in [2.05, 4.69) is 23.6 Å². The van der Waals surface area contributed by atoms with Gasteiger partial charge in [0.25, 0.3) is 5.91 Å². The van der Waals surface area contributed by atoms with Gasteiger partial charge < -0.3 is 4.74 Å². The number of fused-ring (bicyclic) bond motifs is 3. The highest BCUT2D eigenvalue weighted by atomic mass is 16.5. The number of carbonyl (C=O) groups excluding carboxylic acids is 2. The fraction of sp³-hybridized carbons (Fsp3) is 0.500. The number of carbonyl (C=O) groups is 2. The number of nitrogens with zero attached hydrogens (tertiary/aromatic N) is 5. The zero-order chi connectivity index (χ0) is 22.4. The van der Waals surface area contributed by atoms with Crippen molar-refractivity contribution in [1.82, 2.24) is 14.4 Å². The summed E-state index contributed by atoms with van der Waals surface area (Å²) < 4.78 is 9.97. The van der Waals surface area contributed by atoms with Gasteiger partial charge in [-0.15, -0.1) is 0 Å². The van der Waals surface area contributed by atoms with Crippen LogP contribution >= 0.6 is 0 Å². The number of aryl methyl sites for hydroxylation is 1. The normalized spacial score (nSPS) is 22.4. The molecule has 0 spiro atoms. The number of hydrogen-bond acceptors (Lipinski definition) is 4. The van der Waals surface area contributed by atoms with Crippen molar-refractivity contribution in [2.45, 2.75) is 58.2 Å². The molecule has 0 radical (unpaired) electrons. The molecule has 3 aliphatic rings. The lowest BCUT2D eigenvalue weighted by molar-refractivity contribution is -0.695. The van der Waals surface area contributed by atoms with Gasteiger partial charge in [0.15, 0.2) is 0 Å². The second-order valence-corrected chi connectivity index (χ2v) is 8.88. The zero-order valence-corrected chi connectivity index (χ0v) is 19.0. The van der Waals surface area contributed by atoms with E-state index in [0.29, 0.717) is 18.9 Å². The Hall–Kier alpha value is -3.00. The summed E-state index contributed by atoms with van der Waals surface area (Å²) in [4.78, 5) is 34.3. The maximum atomic E-state index is 13.5. The van der Waals surface area contributed by atoms with Crippen LogP contribution in [0.25, 0.3) is 0 Å². The summed E-state index contributed by atoms with van der Waals surface area (Å²) in [6.45, 7) is 5.98. The lowest BCUT2D eigenvalue weighted by Gasteiger charge is -2.33. The summed E-state index contributed by atoms with van der Waals surface area (Å²) in [5.41, 5.74) is 3.29. The largest absolute Gasteiger partial charge is 0.402 e. The van der Waals surface area contributed by atoms with Crippen molar-refractivity contribution in [2.75, 3.05) is 20.2 Å². The molecule has 2 aromatic rings. The predicted molar refractivity (Wildman–Crippen MR) is 119 cm³/mol. The molecule has 2 atom stereocenters. The third-order valence-corrected chi connectivity index (χ3v) is 6.93. The lowest BCUT2D eigenvalue weighted by atomic mass is 10.1. The van der Waals surface area contributed by atoms with Gasteiger partial charge in [0, 0.05) is 20.2 Å². The van der Waals surface area contributed by atoms with Crippen molar-refractivity contribution >= 4 is 23.7 Å². The molecule has 0 N–H and O–H groups in total. The number of aliphatic imine (C=N–C) groups is 1. The van der Waals surface area contributed by atoms with Crippen LogP contribution in [0.2, 0.25) is 0 Å². The molecular formula is C24H30N5O3+. The first kappa shape index (κ1) is 20.9. The van der Waals surface area contributed by atoms with Crippen molar-refractivity contribution in [3.05, 3.63) is 47.3 Å². The Morgan fingerprint density at radius 2 is 1.97 bits per heavy atom. The van der Waals surface area contributed by atoms with Gasteiger partial charge in [-0.1, -0.05) is 35.3 Å². The smallest absolute Gasteiger partial charge is 0.375 e. The molecule has 4 heterocycles. The highest BCUT2D eigenvalue weighted by Gasteiger charge is 2.54. The van der Waals surface area contributed by atoms with Crippen molar-refractivity contribution in [3.8, 4) is 0 Å². The molecule has 3 aliphatic heterocycles. The Kier molecular flexibility index (Phi) is 5.33.